The topological polar surface area (TPSA) is 105 Å². The predicted molar refractivity (Wildman–Crippen MR) is 92.8 cm³/mol. The predicted octanol–water partition coefficient (Wildman–Crippen LogP) is 1.89. The zero-order valence-electron chi connectivity index (χ0n) is 13.6. The number of pyridine rings is 1. The number of hydrogen-bond acceptors (Lipinski definition) is 7. The van der Waals surface area contributed by atoms with Gasteiger partial charge in [-0.25, -0.2) is 13.4 Å². The Labute approximate surface area is 150 Å². The van der Waals surface area contributed by atoms with Gasteiger partial charge in [-0.2, -0.15) is 4.31 Å². The van der Waals surface area contributed by atoms with E-state index in [9.17, 15) is 13.2 Å². The van der Waals surface area contributed by atoms with Crippen LogP contribution in [0, 0.1) is 6.92 Å². The third-order valence-corrected chi connectivity index (χ3v) is 6.48. The first-order valence-electron chi connectivity index (χ1n) is 7.77. The van der Waals surface area contributed by atoms with E-state index in [1.165, 1.54) is 28.3 Å². The van der Waals surface area contributed by atoms with Crippen LogP contribution >= 0.6 is 11.8 Å². The summed E-state index contributed by atoms with van der Waals surface area (Å²) in [5.74, 6) is 0.171. The molecular weight excluding hydrogens is 364 g/mol. The number of anilines is 1. The largest absolute Gasteiger partial charge is 0.338 e. The van der Waals surface area contributed by atoms with Crippen LogP contribution in [0.25, 0.3) is 0 Å². The molecular formula is C15H18N4O4S2. The molecule has 3 rings (SSSR count). The second-order valence-electron chi connectivity index (χ2n) is 5.61. The van der Waals surface area contributed by atoms with E-state index in [1.807, 2.05) is 0 Å². The molecule has 2 aromatic rings. The van der Waals surface area contributed by atoms with Gasteiger partial charge in [0.15, 0.2) is 0 Å². The van der Waals surface area contributed by atoms with Gasteiger partial charge in [0.05, 0.1) is 16.5 Å². The Morgan fingerprint density at radius 2 is 2.12 bits per heavy atom. The lowest BCUT2D eigenvalue weighted by Crippen LogP contribution is -2.27. The Morgan fingerprint density at radius 3 is 2.72 bits per heavy atom. The van der Waals surface area contributed by atoms with E-state index in [0.29, 0.717) is 29.7 Å². The summed E-state index contributed by atoms with van der Waals surface area (Å²) in [5, 5.41) is 6.84. The number of sulfonamides is 1. The van der Waals surface area contributed by atoms with Gasteiger partial charge in [0.1, 0.15) is 4.90 Å². The van der Waals surface area contributed by atoms with Crippen molar-refractivity contribution >= 4 is 33.6 Å². The minimum Gasteiger partial charge on any atom is -0.338 e. The highest BCUT2D eigenvalue weighted by Gasteiger charge is 2.27. The minimum atomic E-state index is -3.46. The molecule has 0 spiro atoms. The molecule has 1 aliphatic rings. The van der Waals surface area contributed by atoms with Crippen molar-refractivity contribution in [3.05, 3.63) is 30.1 Å². The molecule has 1 fully saturated rings. The molecule has 0 aliphatic carbocycles. The van der Waals surface area contributed by atoms with Crippen molar-refractivity contribution in [2.24, 2.45) is 0 Å². The highest BCUT2D eigenvalue weighted by Crippen LogP contribution is 2.22. The molecule has 1 saturated heterocycles. The fourth-order valence-electron chi connectivity index (χ4n) is 2.42. The monoisotopic (exact) mass is 382 g/mol. The molecule has 1 N–H and O–H groups in total. The Morgan fingerprint density at radius 1 is 1.36 bits per heavy atom. The van der Waals surface area contributed by atoms with Gasteiger partial charge >= 0.3 is 0 Å². The molecule has 1 amide bonds. The summed E-state index contributed by atoms with van der Waals surface area (Å²) in [6, 6.07) is 4.76. The maximum atomic E-state index is 12.4. The number of nitrogens with zero attached hydrogens (tertiary/aromatic N) is 3. The number of aryl methyl sites for hydroxylation is 1. The molecule has 0 aromatic carbocycles. The lowest BCUT2D eigenvalue weighted by Gasteiger charge is -2.15. The highest BCUT2D eigenvalue weighted by molar-refractivity contribution is 7.99. The zero-order valence-corrected chi connectivity index (χ0v) is 15.3. The van der Waals surface area contributed by atoms with E-state index in [-0.39, 0.29) is 16.6 Å². The summed E-state index contributed by atoms with van der Waals surface area (Å²) >= 11 is 1.21. The van der Waals surface area contributed by atoms with Crippen LogP contribution in [0.15, 0.2) is 38.8 Å². The molecule has 8 nitrogen and oxygen atoms in total. The number of aromatic nitrogens is 2. The molecule has 25 heavy (non-hydrogen) atoms. The molecule has 0 radical (unpaired) electrons. The van der Waals surface area contributed by atoms with Crippen LogP contribution in [0.1, 0.15) is 18.5 Å². The van der Waals surface area contributed by atoms with Gasteiger partial charge in [-0.1, -0.05) is 16.9 Å². The van der Waals surface area contributed by atoms with Gasteiger partial charge in [0.25, 0.3) is 0 Å². The van der Waals surface area contributed by atoms with Crippen molar-refractivity contribution in [2.45, 2.75) is 29.7 Å². The average molecular weight is 382 g/mol. The van der Waals surface area contributed by atoms with E-state index < -0.39 is 10.0 Å². The fourth-order valence-corrected chi connectivity index (χ4v) is 4.52. The SMILES string of the molecule is Cc1cc(NC(=O)CSc2ccc(S(=O)(=O)N3CCCC3)cn2)on1. The summed E-state index contributed by atoms with van der Waals surface area (Å²) < 4.78 is 31.2. The first kappa shape index (κ1) is 17.9. The summed E-state index contributed by atoms with van der Waals surface area (Å²) in [6.45, 7) is 2.87. The summed E-state index contributed by atoms with van der Waals surface area (Å²) in [7, 11) is -3.46. The van der Waals surface area contributed by atoms with Crippen molar-refractivity contribution < 1.29 is 17.7 Å². The van der Waals surface area contributed by atoms with Gasteiger partial charge in [0, 0.05) is 25.4 Å². The molecule has 0 saturated carbocycles. The van der Waals surface area contributed by atoms with Crippen LogP contribution in [-0.4, -0.2) is 47.6 Å². The van der Waals surface area contributed by atoms with Crippen LogP contribution in [0.2, 0.25) is 0 Å². The number of amides is 1. The lowest BCUT2D eigenvalue weighted by atomic mass is 10.4. The molecule has 1 aliphatic heterocycles. The minimum absolute atomic E-state index is 0.130. The smallest absolute Gasteiger partial charge is 0.244 e. The quantitative estimate of drug-likeness (QED) is 0.761. The zero-order chi connectivity index (χ0) is 17.9. The second kappa shape index (κ2) is 7.54. The number of carbonyl (C=O) groups excluding carboxylic acids is 1. The molecule has 3 heterocycles. The van der Waals surface area contributed by atoms with Gasteiger partial charge in [-0.3, -0.25) is 10.1 Å². The molecule has 0 bridgehead atoms. The fraction of sp³-hybridized carbons (Fsp3) is 0.400. The molecule has 0 unspecified atom stereocenters. The van der Waals surface area contributed by atoms with Crippen LogP contribution < -0.4 is 5.32 Å². The lowest BCUT2D eigenvalue weighted by molar-refractivity contribution is -0.113. The van der Waals surface area contributed by atoms with E-state index >= 15 is 0 Å². The molecule has 2 aromatic heterocycles. The number of carbonyl (C=O) groups is 1. The Hall–Kier alpha value is -1.91. The van der Waals surface area contributed by atoms with Crippen LogP contribution in [0.3, 0.4) is 0 Å². The number of thioether (sulfide) groups is 1. The normalized spacial score (nSPS) is 15.4. The Kier molecular flexibility index (Phi) is 5.40. The first-order chi connectivity index (χ1) is 11.9. The van der Waals surface area contributed by atoms with Crippen molar-refractivity contribution in [1.82, 2.24) is 14.4 Å². The third-order valence-electron chi connectivity index (χ3n) is 3.65. The summed E-state index contributed by atoms with van der Waals surface area (Å²) in [5.41, 5.74) is 0.680. The van der Waals surface area contributed by atoms with Crippen molar-refractivity contribution in [3.63, 3.8) is 0 Å². The highest BCUT2D eigenvalue weighted by atomic mass is 32.2. The maximum absolute atomic E-state index is 12.4. The van der Waals surface area contributed by atoms with Crippen molar-refractivity contribution in [1.29, 1.82) is 0 Å². The summed E-state index contributed by atoms with van der Waals surface area (Å²) in [4.78, 5) is 16.2. The second-order valence-corrected chi connectivity index (χ2v) is 8.55. The van der Waals surface area contributed by atoms with Crippen LogP contribution in [0.5, 0.6) is 0 Å². The van der Waals surface area contributed by atoms with Gasteiger partial charge in [0.2, 0.25) is 21.8 Å². The van der Waals surface area contributed by atoms with Crippen molar-refractivity contribution in [2.75, 3.05) is 24.2 Å². The van der Waals surface area contributed by atoms with Gasteiger partial charge in [-0.15, -0.1) is 0 Å². The number of hydrogen-bond donors (Lipinski definition) is 1. The standard InChI is InChI=1S/C15H18N4O4S2/c1-11-8-14(23-18-11)17-13(20)10-24-15-5-4-12(9-16-15)25(21,22)19-6-2-3-7-19/h4-5,8-9H,2-3,6-7,10H2,1H3,(H,17,20). The van der Waals surface area contributed by atoms with Gasteiger partial charge < -0.3 is 4.52 Å². The Bertz CT molecular complexity index is 843. The Balaban J connectivity index is 1.56. The third kappa shape index (κ3) is 4.39. The van der Waals surface area contributed by atoms with Crippen molar-refractivity contribution in [3.8, 4) is 0 Å². The maximum Gasteiger partial charge on any atom is 0.244 e. The number of nitrogens with one attached hydrogen (secondary N) is 1. The summed E-state index contributed by atoms with van der Waals surface area (Å²) in [6.07, 6.45) is 3.12. The van der Waals surface area contributed by atoms with E-state index in [2.05, 4.69) is 15.5 Å². The van der Waals surface area contributed by atoms with E-state index in [1.54, 1.807) is 19.1 Å². The number of rotatable bonds is 6. The van der Waals surface area contributed by atoms with E-state index in [4.69, 9.17) is 4.52 Å². The van der Waals surface area contributed by atoms with E-state index in [0.717, 1.165) is 12.8 Å². The molecule has 10 heteroatoms. The molecule has 134 valence electrons. The van der Waals surface area contributed by atoms with Gasteiger partial charge in [-0.05, 0) is 31.9 Å². The first-order valence-corrected chi connectivity index (χ1v) is 10.2. The van der Waals surface area contributed by atoms with Crippen LogP contribution in [-0.2, 0) is 14.8 Å². The average Bonchev–Trinajstić information content (AvgIpc) is 3.26. The van der Waals surface area contributed by atoms with Crippen LogP contribution in [0.4, 0.5) is 5.88 Å². The molecule has 0 atom stereocenters.